The molecular formula is C9H20N2O4S2. The summed E-state index contributed by atoms with van der Waals surface area (Å²) in [5.41, 5.74) is 2.57. The van der Waals surface area contributed by atoms with Gasteiger partial charge in [-0.2, -0.15) is 0 Å². The van der Waals surface area contributed by atoms with E-state index in [1.165, 1.54) is 6.26 Å². The molecule has 0 spiro atoms. The van der Waals surface area contributed by atoms with Gasteiger partial charge in [-0.15, -0.1) is 0 Å². The molecule has 6 nitrogen and oxygen atoms in total. The second-order valence-corrected chi connectivity index (χ2v) is 9.28. The zero-order valence-corrected chi connectivity index (χ0v) is 11.6. The van der Waals surface area contributed by atoms with Crippen LogP contribution >= 0.6 is 0 Å². The molecular weight excluding hydrogens is 264 g/mol. The quantitative estimate of drug-likeness (QED) is 0.482. The number of rotatable bonds is 6. The van der Waals surface area contributed by atoms with Gasteiger partial charge in [-0.1, -0.05) is 0 Å². The van der Waals surface area contributed by atoms with Gasteiger partial charge in [-0.25, -0.2) is 16.8 Å². The predicted octanol–water partition coefficient (Wildman–Crippen LogP) is -0.922. The fourth-order valence-corrected chi connectivity index (χ4v) is 4.68. The zero-order valence-electron chi connectivity index (χ0n) is 9.92. The third-order valence-corrected chi connectivity index (χ3v) is 5.83. The summed E-state index contributed by atoms with van der Waals surface area (Å²) in [5.74, 6) is 5.96. The Morgan fingerprint density at radius 1 is 1.47 bits per heavy atom. The largest absolute Gasteiger partial charge is 0.271 e. The molecule has 1 fully saturated rings. The van der Waals surface area contributed by atoms with Crippen LogP contribution in [0.15, 0.2) is 0 Å². The van der Waals surface area contributed by atoms with Crippen LogP contribution in [0.1, 0.15) is 19.3 Å². The molecule has 17 heavy (non-hydrogen) atoms. The second kappa shape index (κ2) is 5.64. The molecule has 0 saturated carbocycles. The molecule has 3 N–H and O–H groups in total. The Labute approximate surface area is 103 Å². The minimum atomic E-state index is -3.00. The van der Waals surface area contributed by atoms with Gasteiger partial charge in [0.25, 0.3) is 0 Å². The Kier molecular flexibility index (Phi) is 4.94. The average Bonchev–Trinajstić information content (AvgIpc) is 2.51. The first-order valence-electron chi connectivity index (χ1n) is 5.56. The van der Waals surface area contributed by atoms with Gasteiger partial charge >= 0.3 is 0 Å². The highest BCUT2D eigenvalue weighted by Crippen LogP contribution is 2.23. The lowest BCUT2D eigenvalue weighted by atomic mass is 9.98. The van der Waals surface area contributed by atoms with Crippen molar-refractivity contribution in [1.82, 2.24) is 5.43 Å². The first kappa shape index (κ1) is 14.9. The highest BCUT2D eigenvalue weighted by Gasteiger charge is 2.29. The molecule has 0 amide bonds. The maximum Gasteiger partial charge on any atom is 0.150 e. The minimum Gasteiger partial charge on any atom is -0.271 e. The molecule has 1 heterocycles. The van der Waals surface area contributed by atoms with Crippen LogP contribution in [-0.2, 0) is 19.7 Å². The average molecular weight is 284 g/mol. The van der Waals surface area contributed by atoms with Crippen LogP contribution in [-0.4, -0.2) is 46.4 Å². The van der Waals surface area contributed by atoms with E-state index in [1.807, 2.05) is 0 Å². The van der Waals surface area contributed by atoms with E-state index < -0.39 is 19.7 Å². The Morgan fingerprint density at radius 3 is 2.53 bits per heavy atom. The standard InChI is InChI=1S/C9H20N2O4S2/c1-16(12,13)4-3-9(11-10)6-8-2-5-17(14,15)7-8/h8-9,11H,2-7,10H2,1H3. The summed E-state index contributed by atoms with van der Waals surface area (Å²) in [6.07, 6.45) is 2.87. The van der Waals surface area contributed by atoms with Crippen molar-refractivity contribution in [2.75, 3.05) is 23.5 Å². The second-order valence-electron chi connectivity index (χ2n) is 4.79. The molecule has 0 radical (unpaired) electrons. The molecule has 8 heteroatoms. The molecule has 0 aromatic rings. The van der Waals surface area contributed by atoms with E-state index in [2.05, 4.69) is 5.43 Å². The van der Waals surface area contributed by atoms with Gasteiger partial charge in [0.05, 0.1) is 17.3 Å². The van der Waals surface area contributed by atoms with E-state index >= 15 is 0 Å². The van der Waals surface area contributed by atoms with E-state index in [1.54, 1.807) is 0 Å². The summed E-state index contributed by atoms with van der Waals surface area (Å²) < 4.78 is 44.6. The van der Waals surface area contributed by atoms with Crippen LogP contribution in [0.4, 0.5) is 0 Å². The third kappa shape index (κ3) is 5.80. The van der Waals surface area contributed by atoms with E-state index in [9.17, 15) is 16.8 Å². The summed E-state index contributed by atoms with van der Waals surface area (Å²) in [6, 6.07) is -0.136. The van der Waals surface area contributed by atoms with Crippen LogP contribution < -0.4 is 11.3 Å². The van der Waals surface area contributed by atoms with Gasteiger partial charge in [-0.05, 0) is 25.2 Å². The number of nitrogens with one attached hydrogen (secondary N) is 1. The van der Waals surface area contributed by atoms with Crippen molar-refractivity contribution in [2.45, 2.75) is 25.3 Å². The smallest absolute Gasteiger partial charge is 0.150 e. The van der Waals surface area contributed by atoms with E-state index in [0.29, 0.717) is 19.3 Å². The van der Waals surface area contributed by atoms with Gasteiger partial charge in [-0.3, -0.25) is 11.3 Å². The molecule has 0 aromatic heterocycles. The molecule has 1 aliphatic rings. The number of hydrazine groups is 1. The Hall–Kier alpha value is -0.180. The Morgan fingerprint density at radius 2 is 2.12 bits per heavy atom. The molecule has 102 valence electrons. The molecule has 0 bridgehead atoms. The lowest BCUT2D eigenvalue weighted by Gasteiger charge is -2.18. The Bertz CT molecular complexity index is 444. The first-order valence-corrected chi connectivity index (χ1v) is 9.44. The van der Waals surface area contributed by atoms with Crippen molar-refractivity contribution in [3.05, 3.63) is 0 Å². The summed E-state index contributed by atoms with van der Waals surface area (Å²) in [5, 5.41) is 0. The fraction of sp³-hybridized carbons (Fsp3) is 1.00. The zero-order chi connectivity index (χ0) is 13.1. The van der Waals surface area contributed by atoms with Crippen molar-refractivity contribution in [3.8, 4) is 0 Å². The fourth-order valence-electron chi connectivity index (χ4n) is 2.09. The molecule has 2 unspecified atom stereocenters. The highest BCUT2D eigenvalue weighted by molar-refractivity contribution is 7.91. The van der Waals surface area contributed by atoms with Crippen molar-refractivity contribution < 1.29 is 16.8 Å². The maximum atomic E-state index is 11.3. The van der Waals surface area contributed by atoms with Crippen LogP contribution in [0.25, 0.3) is 0 Å². The Balaban J connectivity index is 2.43. The minimum absolute atomic E-state index is 0.0708. The topological polar surface area (TPSA) is 106 Å². The van der Waals surface area contributed by atoms with Crippen molar-refractivity contribution >= 4 is 19.7 Å². The molecule has 0 aromatic carbocycles. The third-order valence-electron chi connectivity index (χ3n) is 3.02. The van der Waals surface area contributed by atoms with E-state index in [0.717, 1.165) is 0 Å². The summed E-state index contributed by atoms with van der Waals surface area (Å²) >= 11 is 0. The lowest BCUT2D eigenvalue weighted by Crippen LogP contribution is -2.38. The van der Waals surface area contributed by atoms with E-state index in [-0.39, 0.29) is 29.2 Å². The SMILES string of the molecule is CS(=O)(=O)CCC(CC1CCS(=O)(=O)C1)NN. The van der Waals surface area contributed by atoms with Crippen molar-refractivity contribution in [3.63, 3.8) is 0 Å². The highest BCUT2D eigenvalue weighted by atomic mass is 32.2. The normalized spacial score (nSPS) is 25.9. The van der Waals surface area contributed by atoms with Crippen molar-refractivity contribution in [1.29, 1.82) is 0 Å². The van der Waals surface area contributed by atoms with Crippen molar-refractivity contribution in [2.24, 2.45) is 11.8 Å². The number of nitrogens with two attached hydrogens (primary N) is 1. The summed E-state index contributed by atoms with van der Waals surface area (Å²) in [7, 11) is -5.88. The van der Waals surface area contributed by atoms with Crippen LogP contribution in [0.2, 0.25) is 0 Å². The lowest BCUT2D eigenvalue weighted by molar-refractivity contribution is 0.402. The monoisotopic (exact) mass is 284 g/mol. The van der Waals surface area contributed by atoms with Crippen LogP contribution in [0.5, 0.6) is 0 Å². The van der Waals surface area contributed by atoms with Crippen LogP contribution in [0, 0.1) is 5.92 Å². The number of hydrogen-bond donors (Lipinski definition) is 2. The van der Waals surface area contributed by atoms with Gasteiger partial charge < -0.3 is 0 Å². The molecule has 2 atom stereocenters. The van der Waals surface area contributed by atoms with E-state index in [4.69, 9.17) is 5.84 Å². The van der Waals surface area contributed by atoms with Gasteiger partial charge in [0.1, 0.15) is 9.84 Å². The molecule has 1 saturated heterocycles. The van der Waals surface area contributed by atoms with Gasteiger partial charge in [0, 0.05) is 12.3 Å². The number of hydrogen-bond acceptors (Lipinski definition) is 6. The van der Waals surface area contributed by atoms with Gasteiger partial charge in [0.2, 0.25) is 0 Å². The first-order chi connectivity index (χ1) is 7.72. The summed E-state index contributed by atoms with van der Waals surface area (Å²) in [4.78, 5) is 0. The predicted molar refractivity (Wildman–Crippen MR) is 66.8 cm³/mol. The van der Waals surface area contributed by atoms with Gasteiger partial charge in [0.15, 0.2) is 9.84 Å². The molecule has 0 aliphatic carbocycles. The number of sulfone groups is 2. The maximum absolute atomic E-state index is 11.3. The summed E-state index contributed by atoms with van der Waals surface area (Å²) in [6.45, 7) is 0. The molecule has 1 aliphatic heterocycles. The van der Waals surface area contributed by atoms with Crippen LogP contribution in [0.3, 0.4) is 0 Å². The molecule has 1 rings (SSSR count).